The average Bonchev–Trinajstić information content (AvgIpc) is 2.80. The Balaban J connectivity index is 1.18. The lowest BCUT2D eigenvalue weighted by molar-refractivity contribution is -0.137. The smallest absolute Gasteiger partial charge is 0.399 e. The number of hydrogen-bond acceptors (Lipinski definition) is 5. The number of aliphatic hydroxyl groups is 1. The van der Waals surface area contributed by atoms with Gasteiger partial charge in [0.05, 0.1) is 23.8 Å². The maximum absolute atomic E-state index is 12.9. The van der Waals surface area contributed by atoms with Crippen LogP contribution in [-0.4, -0.2) is 47.6 Å². The summed E-state index contributed by atoms with van der Waals surface area (Å²) in [6.45, 7) is 5.73. The second-order valence-electron chi connectivity index (χ2n) is 9.55. The molecule has 0 unspecified atom stereocenters. The SMILES string of the molecule is C=C(CNC(=O)c1cccc(C(F)(F)F)c1)NC1CN([C@H]2CC[C@@](O)(c3cccc(N)c3)CC2)C1. The van der Waals surface area contributed by atoms with Gasteiger partial charge in [-0.15, -0.1) is 0 Å². The summed E-state index contributed by atoms with van der Waals surface area (Å²) in [5.74, 6) is -0.579. The van der Waals surface area contributed by atoms with Crippen LogP contribution in [0, 0.1) is 0 Å². The molecule has 188 valence electrons. The van der Waals surface area contributed by atoms with Gasteiger partial charge in [0.25, 0.3) is 5.91 Å². The number of nitrogens with zero attached hydrogens (tertiary/aromatic N) is 1. The zero-order valence-electron chi connectivity index (χ0n) is 19.4. The molecule has 9 heteroatoms. The topological polar surface area (TPSA) is 90.6 Å². The van der Waals surface area contributed by atoms with Crippen molar-refractivity contribution < 1.29 is 23.1 Å². The zero-order valence-corrected chi connectivity index (χ0v) is 19.4. The van der Waals surface area contributed by atoms with Crippen molar-refractivity contribution in [2.45, 2.75) is 49.5 Å². The molecule has 0 aromatic heterocycles. The summed E-state index contributed by atoms with van der Waals surface area (Å²) in [6.07, 6.45) is -1.34. The molecule has 1 amide bonds. The molecule has 5 N–H and O–H groups in total. The number of carbonyl (C=O) groups excluding carboxylic acids is 1. The number of benzene rings is 2. The summed E-state index contributed by atoms with van der Waals surface area (Å²) in [5.41, 5.74) is 6.28. The van der Waals surface area contributed by atoms with E-state index >= 15 is 0 Å². The molecule has 4 rings (SSSR count). The van der Waals surface area contributed by atoms with Crippen LogP contribution >= 0.6 is 0 Å². The minimum absolute atomic E-state index is 0.0436. The number of hydrogen-bond donors (Lipinski definition) is 4. The van der Waals surface area contributed by atoms with Crippen LogP contribution in [0.3, 0.4) is 0 Å². The first-order chi connectivity index (χ1) is 16.5. The van der Waals surface area contributed by atoms with Gasteiger partial charge in [0, 0.05) is 36.1 Å². The highest BCUT2D eigenvalue weighted by Gasteiger charge is 2.40. The highest BCUT2D eigenvalue weighted by Crippen LogP contribution is 2.40. The lowest BCUT2D eigenvalue weighted by atomic mass is 9.76. The monoisotopic (exact) mass is 488 g/mol. The van der Waals surface area contributed by atoms with Crippen molar-refractivity contribution in [2.75, 3.05) is 25.4 Å². The number of halogens is 3. The number of nitrogens with one attached hydrogen (secondary N) is 2. The summed E-state index contributed by atoms with van der Waals surface area (Å²) >= 11 is 0. The molecule has 1 saturated heterocycles. The number of carbonyl (C=O) groups is 1. The Hall–Kier alpha value is -3.04. The minimum Gasteiger partial charge on any atom is -0.399 e. The van der Waals surface area contributed by atoms with Gasteiger partial charge in [-0.2, -0.15) is 13.2 Å². The van der Waals surface area contributed by atoms with E-state index in [1.807, 2.05) is 24.3 Å². The lowest BCUT2D eigenvalue weighted by Gasteiger charge is -2.48. The number of nitrogens with two attached hydrogens (primary N) is 1. The number of anilines is 1. The molecule has 0 spiro atoms. The van der Waals surface area contributed by atoms with Crippen molar-refractivity contribution in [3.8, 4) is 0 Å². The first-order valence-electron chi connectivity index (χ1n) is 11.8. The average molecular weight is 489 g/mol. The van der Waals surface area contributed by atoms with Crippen LogP contribution in [0.15, 0.2) is 60.8 Å². The van der Waals surface area contributed by atoms with Crippen molar-refractivity contribution in [1.82, 2.24) is 15.5 Å². The summed E-state index contributed by atoms with van der Waals surface area (Å²) in [6, 6.07) is 12.4. The van der Waals surface area contributed by atoms with Gasteiger partial charge in [0.2, 0.25) is 0 Å². The first-order valence-corrected chi connectivity index (χ1v) is 11.8. The normalized spacial score (nSPS) is 23.4. The lowest BCUT2D eigenvalue weighted by Crippen LogP contribution is -2.62. The fourth-order valence-electron chi connectivity index (χ4n) is 4.93. The van der Waals surface area contributed by atoms with Crippen molar-refractivity contribution in [2.24, 2.45) is 0 Å². The van der Waals surface area contributed by atoms with Gasteiger partial charge in [-0.1, -0.05) is 24.8 Å². The molecule has 6 nitrogen and oxygen atoms in total. The van der Waals surface area contributed by atoms with E-state index in [2.05, 4.69) is 22.1 Å². The molecule has 0 atom stereocenters. The number of rotatable bonds is 7. The Bertz CT molecular complexity index is 1070. The van der Waals surface area contributed by atoms with Crippen LogP contribution in [0.4, 0.5) is 18.9 Å². The molecule has 35 heavy (non-hydrogen) atoms. The second kappa shape index (κ2) is 9.91. The van der Waals surface area contributed by atoms with Crippen LogP contribution in [0.5, 0.6) is 0 Å². The molecule has 0 bridgehead atoms. The van der Waals surface area contributed by atoms with E-state index < -0.39 is 23.2 Å². The third kappa shape index (κ3) is 5.97. The Morgan fingerprint density at radius 3 is 2.49 bits per heavy atom. The van der Waals surface area contributed by atoms with E-state index in [0.29, 0.717) is 30.3 Å². The molecule has 2 aliphatic rings. The Kier molecular flexibility index (Phi) is 7.10. The highest BCUT2D eigenvalue weighted by molar-refractivity contribution is 5.94. The molecular formula is C26H31F3N4O2. The van der Waals surface area contributed by atoms with E-state index in [0.717, 1.165) is 43.6 Å². The summed E-state index contributed by atoms with van der Waals surface area (Å²) in [5, 5.41) is 17.0. The van der Waals surface area contributed by atoms with Crippen LogP contribution < -0.4 is 16.4 Å². The predicted octanol–water partition coefficient (Wildman–Crippen LogP) is 3.64. The molecule has 2 fully saturated rings. The number of amides is 1. The van der Waals surface area contributed by atoms with Crippen LogP contribution in [0.2, 0.25) is 0 Å². The molecule has 1 aliphatic carbocycles. The van der Waals surface area contributed by atoms with Crippen LogP contribution in [0.1, 0.15) is 47.2 Å². The zero-order chi connectivity index (χ0) is 25.2. The standard InChI is InChI=1S/C26H31F3N4O2/c1-17(14-31-24(34)18-4-2-6-20(12-18)26(27,28)29)32-22-15-33(16-22)23-8-10-25(35,11-9-23)19-5-3-7-21(30)13-19/h2-7,12-13,22-23,32,35H,1,8-11,14-16,30H2,(H,31,34)/t23-,25-. The third-order valence-corrected chi connectivity index (χ3v) is 6.96. The van der Waals surface area contributed by atoms with E-state index in [1.54, 1.807) is 0 Å². The quantitative estimate of drug-likeness (QED) is 0.447. The van der Waals surface area contributed by atoms with Gasteiger partial charge in [-0.3, -0.25) is 9.69 Å². The molecule has 1 saturated carbocycles. The fourth-order valence-corrected chi connectivity index (χ4v) is 4.93. The van der Waals surface area contributed by atoms with Crippen LogP contribution in [-0.2, 0) is 11.8 Å². The third-order valence-electron chi connectivity index (χ3n) is 6.96. The Morgan fingerprint density at radius 2 is 1.83 bits per heavy atom. The Morgan fingerprint density at radius 1 is 1.14 bits per heavy atom. The van der Waals surface area contributed by atoms with Gasteiger partial charge in [-0.05, 0) is 61.6 Å². The largest absolute Gasteiger partial charge is 0.416 e. The van der Waals surface area contributed by atoms with Crippen LogP contribution in [0.25, 0.3) is 0 Å². The molecule has 2 aromatic rings. The van der Waals surface area contributed by atoms with E-state index in [4.69, 9.17) is 5.73 Å². The molecule has 2 aromatic carbocycles. The summed E-state index contributed by atoms with van der Waals surface area (Å²) in [7, 11) is 0. The van der Waals surface area contributed by atoms with Crippen molar-refractivity contribution in [3.63, 3.8) is 0 Å². The number of likely N-dealkylation sites (tertiary alicyclic amines) is 1. The summed E-state index contributed by atoms with van der Waals surface area (Å²) < 4.78 is 38.6. The van der Waals surface area contributed by atoms with Gasteiger partial charge in [0.15, 0.2) is 0 Å². The van der Waals surface area contributed by atoms with Crippen molar-refractivity contribution >= 4 is 11.6 Å². The van der Waals surface area contributed by atoms with Gasteiger partial charge in [0.1, 0.15) is 0 Å². The molecular weight excluding hydrogens is 457 g/mol. The van der Waals surface area contributed by atoms with E-state index in [9.17, 15) is 23.1 Å². The fraction of sp³-hybridized carbons (Fsp3) is 0.423. The summed E-state index contributed by atoms with van der Waals surface area (Å²) in [4.78, 5) is 14.6. The number of nitrogen functional groups attached to an aromatic ring is 1. The number of alkyl halides is 3. The molecule has 1 heterocycles. The predicted molar refractivity (Wildman–Crippen MR) is 128 cm³/mol. The van der Waals surface area contributed by atoms with Gasteiger partial charge < -0.3 is 21.5 Å². The van der Waals surface area contributed by atoms with E-state index in [-0.39, 0.29) is 18.2 Å². The highest BCUT2D eigenvalue weighted by atomic mass is 19.4. The first kappa shape index (κ1) is 25.1. The van der Waals surface area contributed by atoms with Crippen molar-refractivity contribution in [1.29, 1.82) is 0 Å². The van der Waals surface area contributed by atoms with E-state index in [1.165, 1.54) is 12.1 Å². The Labute approximate surface area is 203 Å². The van der Waals surface area contributed by atoms with Crippen molar-refractivity contribution in [3.05, 3.63) is 77.5 Å². The van der Waals surface area contributed by atoms with Gasteiger partial charge >= 0.3 is 6.18 Å². The second-order valence-corrected chi connectivity index (χ2v) is 9.55. The molecule has 1 aliphatic heterocycles. The minimum atomic E-state index is -4.50. The maximum atomic E-state index is 12.9. The molecule has 0 radical (unpaired) electrons. The maximum Gasteiger partial charge on any atom is 0.416 e. The van der Waals surface area contributed by atoms with Gasteiger partial charge in [-0.25, -0.2) is 0 Å².